The Balaban J connectivity index is 2.38. The fourth-order valence-corrected chi connectivity index (χ4v) is 4.18. The third-order valence-electron chi connectivity index (χ3n) is 4.54. The highest BCUT2D eigenvalue weighted by molar-refractivity contribution is 7.91. The Labute approximate surface area is 144 Å². The van der Waals surface area contributed by atoms with Crippen molar-refractivity contribution in [2.24, 2.45) is 0 Å². The van der Waals surface area contributed by atoms with Crippen molar-refractivity contribution in [3.8, 4) is 0 Å². The molecule has 0 N–H and O–H groups in total. The lowest BCUT2D eigenvalue weighted by atomic mass is 9.82. The molecule has 1 saturated heterocycles. The second-order valence-electron chi connectivity index (χ2n) is 7.77. The lowest BCUT2D eigenvalue weighted by Crippen LogP contribution is -2.60. The lowest BCUT2D eigenvalue weighted by molar-refractivity contribution is -0.281. The van der Waals surface area contributed by atoms with Gasteiger partial charge in [-0.1, -0.05) is 30.3 Å². The highest BCUT2D eigenvalue weighted by atomic mass is 32.2. The van der Waals surface area contributed by atoms with Crippen LogP contribution in [0.4, 0.5) is 0 Å². The van der Waals surface area contributed by atoms with Gasteiger partial charge < -0.3 is 0 Å². The second kappa shape index (κ2) is 6.58. The number of carbonyl (C=O) groups is 1. The van der Waals surface area contributed by atoms with Crippen molar-refractivity contribution < 1.29 is 18.0 Å². The molecule has 1 unspecified atom stereocenters. The summed E-state index contributed by atoms with van der Waals surface area (Å²) in [6.45, 7) is 8.06. The van der Waals surface area contributed by atoms with E-state index >= 15 is 0 Å². The summed E-state index contributed by atoms with van der Waals surface area (Å²) in [4.78, 5) is 18.7. The normalized spacial score (nSPS) is 22.0. The van der Waals surface area contributed by atoms with E-state index in [0.29, 0.717) is 5.56 Å². The molecule has 1 atom stereocenters. The molecule has 0 bridgehead atoms. The Morgan fingerprint density at radius 2 is 1.58 bits per heavy atom. The van der Waals surface area contributed by atoms with Crippen molar-refractivity contribution in [1.29, 1.82) is 0 Å². The van der Waals surface area contributed by atoms with Gasteiger partial charge in [0, 0.05) is 22.9 Å². The Kier molecular flexibility index (Phi) is 5.23. The van der Waals surface area contributed by atoms with Crippen molar-refractivity contribution in [3.63, 3.8) is 0 Å². The van der Waals surface area contributed by atoms with Crippen LogP contribution in [0.15, 0.2) is 30.3 Å². The van der Waals surface area contributed by atoms with Crippen molar-refractivity contribution in [1.82, 2.24) is 5.06 Å². The first-order valence-electron chi connectivity index (χ1n) is 8.20. The summed E-state index contributed by atoms with van der Waals surface area (Å²) in [5, 5.41) is 1.72. The molecule has 2 rings (SSSR count). The molecule has 0 amide bonds. The maximum absolute atomic E-state index is 12.8. The van der Waals surface area contributed by atoms with Gasteiger partial charge in [-0.2, -0.15) is 5.06 Å². The maximum Gasteiger partial charge on any atom is 0.242 e. The van der Waals surface area contributed by atoms with Gasteiger partial charge in [0.1, 0.15) is 0 Å². The molecule has 6 heteroatoms. The molecule has 0 aromatic heterocycles. The van der Waals surface area contributed by atoms with E-state index < -0.39 is 21.1 Å². The number of hydrogen-bond acceptors (Lipinski definition) is 5. The van der Waals surface area contributed by atoms with Crippen LogP contribution >= 0.6 is 0 Å². The minimum absolute atomic E-state index is 0.334. The summed E-state index contributed by atoms with van der Waals surface area (Å²) in [7, 11) is -3.73. The first-order chi connectivity index (χ1) is 11.0. The summed E-state index contributed by atoms with van der Waals surface area (Å²) in [5.74, 6) is -0.532. The van der Waals surface area contributed by atoms with Crippen LogP contribution in [0.5, 0.6) is 0 Å². The third-order valence-corrected chi connectivity index (χ3v) is 5.62. The predicted molar refractivity (Wildman–Crippen MR) is 94.3 cm³/mol. The van der Waals surface area contributed by atoms with Gasteiger partial charge in [-0.05, 0) is 47.0 Å². The average molecular weight is 353 g/mol. The van der Waals surface area contributed by atoms with Crippen LogP contribution in [0.1, 0.15) is 57.3 Å². The Hall–Kier alpha value is -1.24. The van der Waals surface area contributed by atoms with Crippen molar-refractivity contribution in [2.75, 3.05) is 6.26 Å². The van der Waals surface area contributed by atoms with Gasteiger partial charge >= 0.3 is 0 Å². The number of nitrogens with zero attached hydrogens (tertiary/aromatic N) is 1. The van der Waals surface area contributed by atoms with Crippen molar-refractivity contribution >= 4 is 15.6 Å². The summed E-state index contributed by atoms with van der Waals surface area (Å²) < 4.78 is 24.5. The monoisotopic (exact) mass is 353 g/mol. The van der Waals surface area contributed by atoms with Crippen molar-refractivity contribution in [3.05, 3.63) is 35.9 Å². The molecule has 0 aliphatic carbocycles. The number of rotatable bonds is 5. The molecule has 1 fully saturated rings. The number of hydrogen-bond donors (Lipinski definition) is 0. The van der Waals surface area contributed by atoms with E-state index in [4.69, 9.17) is 4.84 Å². The van der Waals surface area contributed by atoms with E-state index in [2.05, 4.69) is 0 Å². The summed E-state index contributed by atoms with van der Waals surface area (Å²) >= 11 is 0. The van der Waals surface area contributed by atoms with E-state index in [9.17, 15) is 13.2 Å². The van der Waals surface area contributed by atoms with Gasteiger partial charge in [-0.25, -0.2) is 8.42 Å². The quantitative estimate of drug-likeness (QED) is 0.761. The van der Waals surface area contributed by atoms with Gasteiger partial charge in [-0.3, -0.25) is 9.63 Å². The van der Waals surface area contributed by atoms with Gasteiger partial charge in [0.25, 0.3) is 0 Å². The summed E-state index contributed by atoms with van der Waals surface area (Å²) in [5.41, 5.74) is -1.89. The van der Waals surface area contributed by atoms with Crippen LogP contribution < -0.4 is 0 Å². The fourth-order valence-electron chi connectivity index (χ4n) is 3.42. The lowest BCUT2D eigenvalue weighted by Gasteiger charge is -2.51. The minimum Gasteiger partial charge on any atom is -0.290 e. The van der Waals surface area contributed by atoms with Gasteiger partial charge in [0.15, 0.2) is 9.84 Å². The molecule has 0 spiro atoms. The summed E-state index contributed by atoms with van der Waals surface area (Å²) in [6, 6.07) is 8.42. The molecule has 24 heavy (non-hydrogen) atoms. The van der Waals surface area contributed by atoms with E-state index in [1.807, 2.05) is 27.7 Å². The molecule has 5 nitrogen and oxygen atoms in total. The number of hydroxylamine groups is 2. The Morgan fingerprint density at radius 3 is 2.04 bits per heavy atom. The molecule has 1 aromatic carbocycles. The summed E-state index contributed by atoms with van der Waals surface area (Å²) in [6.07, 6.45) is 3.84. The second-order valence-corrected chi connectivity index (χ2v) is 9.86. The smallest absolute Gasteiger partial charge is 0.242 e. The molecule has 134 valence electrons. The zero-order chi connectivity index (χ0) is 18.2. The molecular formula is C18H27NO4S. The molecule has 1 aromatic rings. The zero-order valence-electron chi connectivity index (χ0n) is 15.1. The number of Topliss-reactive ketones (excluding diaryl/α,β-unsaturated/α-hetero) is 1. The van der Waals surface area contributed by atoms with E-state index in [1.165, 1.54) is 0 Å². The van der Waals surface area contributed by atoms with Crippen LogP contribution in [-0.4, -0.2) is 42.0 Å². The Morgan fingerprint density at radius 1 is 1.08 bits per heavy atom. The molecule has 1 aliphatic rings. The first-order valence-corrected chi connectivity index (χ1v) is 10.2. The Bertz CT molecular complexity index is 679. The molecular weight excluding hydrogens is 326 g/mol. The molecule has 0 radical (unpaired) electrons. The highest BCUT2D eigenvalue weighted by Crippen LogP contribution is 2.39. The third kappa shape index (κ3) is 4.05. The SMILES string of the molecule is CC1(C)CCCC(C)(C)N1OC(C(=O)c1ccccc1)S(C)(=O)=O. The number of piperidine rings is 1. The van der Waals surface area contributed by atoms with Gasteiger partial charge in [-0.15, -0.1) is 0 Å². The topological polar surface area (TPSA) is 63.7 Å². The number of ketones is 1. The maximum atomic E-state index is 12.8. The van der Waals surface area contributed by atoms with Crippen LogP contribution in [0.25, 0.3) is 0 Å². The van der Waals surface area contributed by atoms with Crippen LogP contribution in [0.3, 0.4) is 0 Å². The molecule has 0 saturated carbocycles. The average Bonchev–Trinajstić information content (AvgIpc) is 2.44. The van der Waals surface area contributed by atoms with Crippen LogP contribution in [0.2, 0.25) is 0 Å². The van der Waals surface area contributed by atoms with Crippen LogP contribution in [0, 0.1) is 0 Å². The fraction of sp³-hybridized carbons (Fsp3) is 0.611. The van der Waals surface area contributed by atoms with Gasteiger partial charge in [0.05, 0.1) is 0 Å². The standard InChI is InChI=1S/C18H27NO4S/c1-17(2)12-9-13-18(3,4)19(17)23-16(24(5,21)22)15(20)14-10-7-6-8-11-14/h6-8,10-11,16H,9,12-13H2,1-5H3. The number of benzene rings is 1. The minimum atomic E-state index is -3.73. The largest absolute Gasteiger partial charge is 0.290 e. The number of sulfone groups is 1. The number of carbonyl (C=O) groups excluding carboxylic acids is 1. The highest BCUT2D eigenvalue weighted by Gasteiger charge is 2.46. The molecule has 1 aliphatic heterocycles. The van der Waals surface area contributed by atoms with E-state index in [-0.39, 0.29) is 11.1 Å². The zero-order valence-corrected chi connectivity index (χ0v) is 15.9. The first kappa shape index (κ1) is 19.1. The van der Waals surface area contributed by atoms with E-state index in [0.717, 1.165) is 25.5 Å². The predicted octanol–water partition coefficient (Wildman–Crippen LogP) is 3.21. The molecule has 1 heterocycles. The van der Waals surface area contributed by atoms with Crippen molar-refractivity contribution in [2.45, 2.75) is 63.5 Å². The van der Waals surface area contributed by atoms with Gasteiger partial charge in [0.2, 0.25) is 11.2 Å². The van der Waals surface area contributed by atoms with E-state index in [1.54, 1.807) is 35.4 Å². The van der Waals surface area contributed by atoms with Crippen LogP contribution in [-0.2, 0) is 14.7 Å².